The molecule has 0 aromatic heterocycles. The van der Waals surface area contributed by atoms with E-state index in [1.165, 1.54) is 48.8 Å². The van der Waals surface area contributed by atoms with Crippen molar-refractivity contribution in [3.8, 4) is 0 Å². The van der Waals surface area contributed by atoms with Gasteiger partial charge in [-0.3, -0.25) is 4.90 Å². The van der Waals surface area contributed by atoms with Crippen molar-refractivity contribution in [2.75, 3.05) is 26.2 Å². The first-order valence-electron chi connectivity index (χ1n) is 10.1. The maximum Gasteiger partial charge on any atom is 0.0602 e. The summed E-state index contributed by atoms with van der Waals surface area (Å²) in [7, 11) is 0. The van der Waals surface area contributed by atoms with Gasteiger partial charge < -0.3 is 5.32 Å². The van der Waals surface area contributed by atoms with E-state index in [1.54, 1.807) is 0 Å². The number of halogens is 1. The Kier molecular flexibility index (Phi) is 5.94. The SMILES string of the molecule is Clc1ccc(C(c2ccc(C3CCCCC3)cc2)N2CCNCC2)cc1. The molecular weight excluding hydrogens is 340 g/mol. The van der Waals surface area contributed by atoms with Gasteiger partial charge in [0, 0.05) is 31.2 Å². The van der Waals surface area contributed by atoms with Crippen LogP contribution in [-0.4, -0.2) is 31.1 Å². The topological polar surface area (TPSA) is 15.3 Å². The summed E-state index contributed by atoms with van der Waals surface area (Å²) in [4.78, 5) is 2.59. The number of nitrogens with one attached hydrogen (secondary N) is 1. The Bertz CT molecular complexity index is 683. The van der Waals surface area contributed by atoms with Gasteiger partial charge in [0.1, 0.15) is 0 Å². The second kappa shape index (κ2) is 8.56. The molecule has 1 atom stereocenters. The number of hydrogen-bond donors (Lipinski definition) is 1. The van der Waals surface area contributed by atoms with E-state index in [0.29, 0.717) is 6.04 Å². The number of nitrogens with zero attached hydrogens (tertiary/aromatic N) is 1. The zero-order valence-electron chi connectivity index (χ0n) is 15.5. The molecule has 1 aliphatic heterocycles. The average molecular weight is 369 g/mol. The summed E-state index contributed by atoms with van der Waals surface area (Å²) in [6.45, 7) is 4.28. The first kappa shape index (κ1) is 18.0. The lowest BCUT2D eigenvalue weighted by molar-refractivity contribution is 0.198. The zero-order valence-corrected chi connectivity index (χ0v) is 16.2. The molecular formula is C23H29ClN2. The van der Waals surface area contributed by atoms with Crippen LogP contribution in [0.25, 0.3) is 0 Å². The summed E-state index contributed by atoms with van der Waals surface area (Å²) in [5.41, 5.74) is 4.26. The van der Waals surface area contributed by atoms with E-state index in [-0.39, 0.29) is 0 Å². The van der Waals surface area contributed by atoms with Crippen molar-refractivity contribution in [2.24, 2.45) is 0 Å². The molecule has 1 unspecified atom stereocenters. The largest absolute Gasteiger partial charge is 0.314 e. The van der Waals surface area contributed by atoms with E-state index in [2.05, 4.69) is 46.6 Å². The third-order valence-corrected chi connectivity index (χ3v) is 6.28. The van der Waals surface area contributed by atoms with Gasteiger partial charge in [-0.05, 0) is 47.6 Å². The molecule has 0 amide bonds. The Morgan fingerprint density at radius 3 is 2.00 bits per heavy atom. The van der Waals surface area contributed by atoms with Crippen LogP contribution in [0.15, 0.2) is 48.5 Å². The minimum atomic E-state index is 0.315. The third-order valence-electron chi connectivity index (χ3n) is 6.03. The Balaban J connectivity index is 1.61. The van der Waals surface area contributed by atoms with E-state index in [9.17, 15) is 0 Å². The highest BCUT2D eigenvalue weighted by Crippen LogP contribution is 2.35. The smallest absolute Gasteiger partial charge is 0.0602 e. The van der Waals surface area contributed by atoms with Crippen LogP contribution in [0, 0.1) is 0 Å². The Morgan fingerprint density at radius 1 is 0.808 bits per heavy atom. The molecule has 3 heteroatoms. The predicted octanol–water partition coefficient (Wildman–Crippen LogP) is 5.38. The van der Waals surface area contributed by atoms with Crippen LogP contribution in [0.3, 0.4) is 0 Å². The lowest BCUT2D eigenvalue weighted by Gasteiger charge is -2.36. The van der Waals surface area contributed by atoms with Gasteiger partial charge in [0.2, 0.25) is 0 Å². The van der Waals surface area contributed by atoms with Crippen molar-refractivity contribution in [2.45, 2.75) is 44.1 Å². The molecule has 1 saturated carbocycles. The fraction of sp³-hybridized carbons (Fsp3) is 0.478. The quantitative estimate of drug-likeness (QED) is 0.779. The summed E-state index contributed by atoms with van der Waals surface area (Å²) >= 11 is 6.13. The van der Waals surface area contributed by atoms with Crippen LogP contribution < -0.4 is 5.32 Å². The van der Waals surface area contributed by atoms with Crippen molar-refractivity contribution in [3.63, 3.8) is 0 Å². The molecule has 1 N–H and O–H groups in total. The summed E-state index contributed by atoms with van der Waals surface area (Å²) in [6, 6.07) is 18.2. The van der Waals surface area contributed by atoms with E-state index in [4.69, 9.17) is 11.6 Å². The van der Waals surface area contributed by atoms with Crippen molar-refractivity contribution in [1.82, 2.24) is 10.2 Å². The molecule has 0 spiro atoms. The number of rotatable bonds is 4. The molecule has 2 aromatic rings. The van der Waals surface area contributed by atoms with E-state index < -0.39 is 0 Å². The van der Waals surface area contributed by atoms with Crippen LogP contribution >= 0.6 is 11.6 Å². The average Bonchev–Trinajstić information content (AvgIpc) is 2.72. The molecule has 138 valence electrons. The number of benzene rings is 2. The highest BCUT2D eigenvalue weighted by Gasteiger charge is 2.24. The molecule has 2 fully saturated rings. The molecule has 1 heterocycles. The van der Waals surface area contributed by atoms with Crippen LogP contribution in [-0.2, 0) is 0 Å². The molecule has 0 radical (unpaired) electrons. The molecule has 0 bridgehead atoms. The summed E-state index contributed by atoms with van der Waals surface area (Å²) in [5, 5.41) is 4.28. The third kappa shape index (κ3) is 4.14. The summed E-state index contributed by atoms with van der Waals surface area (Å²) < 4.78 is 0. The van der Waals surface area contributed by atoms with Gasteiger partial charge in [-0.25, -0.2) is 0 Å². The monoisotopic (exact) mass is 368 g/mol. The predicted molar refractivity (Wildman–Crippen MR) is 110 cm³/mol. The standard InChI is InChI=1S/C23H29ClN2/c24-22-12-10-21(11-13-22)23(26-16-14-25-15-17-26)20-8-6-19(7-9-20)18-4-2-1-3-5-18/h6-13,18,23,25H,1-5,14-17H2. The maximum absolute atomic E-state index is 6.13. The molecule has 2 aliphatic rings. The second-order valence-electron chi connectivity index (χ2n) is 7.74. The molecule has 2 nitrogen and oxygen atoms in total. The fourth-order valence-electron chi connectivity index (χ4n) is 4.59. The number of piperazine rings is 1. The summed E-state index contributed by atoms with van der Waals surface area (Å²) in [5.74, 6) is 0.769. The Morgan fingerprint density at radius 2 is 1.38 bits per heavy atom. The minimum Gasteiger partial charge on any atom is -0.314 e. The van der Waals surface area contributed by atoms with Gasteiger partial charge in [-0.15, -0.1) is 0 Å². The van der Waals surface area contributed by atoms with E-state index in [0.717, 1.165) is 37.1 Å². The van der Waals surface area contributed by atoms with Gasteiger partial charge in [-0.1, -0.05) is 67.3 Å². The first-order chi connectivity index (χ1) is 12.8. The van der Waals surface area contributed by atoms with Crippen molar-refractivity contribution < 1.29 is 0 Å². The minimum absolute atomic E-state index is 0.315. The van der Waals surface area contributed by atoms with Crippen molar-refractivity contribution in [3.05, 3.63) is 70.2 Å². The lowest BCUT2D eigenvalue weighted by atomic mass is 9.83. The Labute approximate surface area is 162 Å². The molecule has 2 aromatic carbocycles. The first-order valence-corrected chi connectivity index (χ1v) is 10.5. The maximum atomic E-state index is 6.13. The lowest BCUT2D eigenvalue weighted by Crippen LogP contribution is -2.45. The van der Waals surface area contributed by atoms with Crippen molar-refractivity contribution >= 4 is 11.6 Å². The summed E-state index contributed by atoms with van der Waals surface area (Å²) in [6.07, 6.45) is 6.91. The zero-order chi connectivity index (χ0) is 17.8. The normalized spacial score (nSPS) is 20.8. The van der Waals surface area contributed by atoms with Gasteiger partial charge in [0.05, 0.1) is 6.04 Å². The van der Waals surface area contributed by atoms with Crippen molar-refractivity contribution in [1.29, 1.82) is 0 Å². The van der Waals surface area contributed by atoms with Gasteiger partial charge >= 0.3 is 0 Å². The van der Waals surface area contributed by atoms with Crippen LogP contribution in [0.1, 0.15) is 60.8 Å². The van der Waals surface area contributed by atoms with Gasteiger partial charge in [0.15, 0.2) is 0 Å². The molecule has 1 aliphatic carbocycles. The highest BCUT2D eigenvalue weighted by atomic mass is 35.5. The second-order valence-corrected chi connectivity index (χ2v) is 8.18. The van der Waals surface area contributed by atoms with Crippen LogP contribution in [0.4, 0.5) is 0 Å². The van der Waals surface area contributed by atoms with Crippen LogP contribution in [0.2, 0.25) is 5.02 Å². The molecule has 1 saturated heterocycles. The fourth-order valence-corrected chi connectivity index (χ4v) is 4.71. The molecule has 4 rings (SSSR count). The van der Waals surface area contributed by atoms with Crippen LogP contribution in [0.5, 0.6) is 0 Å². The number of hydrogen-bond acceptors (Lipinski definition) is 2. The van der Waals surface area contributed by atoms with Gasteiger partial charge in [0.25, 0.3) is 0 Å². The Hall–Kier alpha value is -1.35. The van der Waals surface area contributed by atoms with E-state index in [1.807, 2.05) is 12.1 Å². The molecule has 26 heavy (non-hydrogen) atoms. The van der Waals surface area contributed by atoms with E-state index >= 15 is 0 Å². The highest BCUT2D eigenvalue weighted by molar-refractivity contribution is 6.30. The van der Waals surface area contributed by atoms with Gasteiger partial charge in [-0.2, -0.15) is 0 Å².